The van der Waals surface area contributed by atoms with E-state index in [-0.39, 0.29) is 5.70 Å². The van der Waals surface area contributed by atoms with Crippen molar-refractivity contribution in [2.45, 2.75) is 0 Å². The molecule has 0 saturated carbocycles. The van der Waals surface area contributed by atoms with Crippen molar-refractivity contribution in [1.29, 1.82) is 0 Å². The molecule has 4 N–H and O–H groups in total. The van der Waals surface area contributed by atoms with Crippen molar-refractivity contribution >= 4 is 5.97 Å². The van der Waals surface area contributed by atoms with Crippen LogP contribution in [-0.4, -0.2) is 23.1 Å². The minimum atomic E-state index is -1.09. The van der Waals surface area contributed by atoms with Gasteiger partial charge in [-0.2, -0.15) is 0 Å². The van der Waals surface area contributed by atoms with E-state index < -0.39 is 5.97 Å². The van der Waals surface area contributed by atoms with Crippen LogP contribution in [0.2, 0.25) is 0 Å². The van der Waals surface area contributed by atoms with E-state index in [1.165, 1.54) is 18.3 Å². The lowest BCUT2D eigenvalue weighted by Gasteiger charge is -2.17. The zero-order valence-corrected chi connectivity index (χ0v) is 6.24. The minimum Gasteiger partial charge on any atom is -0.476 e. The number of hydrogen-bond acceptors (Lipinski definition) is 4. The normalized spacial score (nSPS) is 10.5. The summed E-state index contributed by atoms with van der Waals surface area (Å²) in [7, 11) is 1.52. The smallest absolute Gasteiger partial charge is 0.355 e. The maximum Gasteiger partial charge on any atom is 0.355 e. The predicted molar refractivity (Wildman–Crippen MR) is 41.0 cm³/mol. The Labute approximate surface area is 64.8 Å². The molecular weight excluding hydrogens is 146 g/mol. The monoisotopic (exact) mass is 157 g/mol. The summed E-state index contributed by atoms with van der Waals surface area (Å²) in [4.78, 5) is 10.4. The molecule has 0 saturated heterocycles. The number of aliphatic carboxylic acids is 1. The number of hydrazine groups is 1. The van der Waals surface area contributed by atoms with Crippen molar-refractivity contribution in [3.63, 3.8) is 0 Å². The molecule has 0 amide bonds. The van der Waals surface area contributed by atoms with Gasteiger partial charge in [0, 0.05) is 19.4 Å². The fourth-order valence-corrected chi connectivity index (χ4v) is 0.533. The molecule has 0 fully saturated rings. The molecule has 0 bridgehead atoms. The lowest BCUT2D eigenvalue weighted by Crippen LogP contribution is -2.33. The van der Waals surface area contributed by atoms with Crippen LogP contribution in [0.4, 0.5) is 0 Å². The first-order chi connectivity index (χ1) is 5.13. The second kappa shape index (κ2) is 4.21. The number of nitrogens with zero attached hydrogens (tertiary/aromatic N) is 1. The third kappa shape index (κ3) is 2.61. The number of rotatable bonds is 4. The number of likely N-dealkylation sites (N-methyl/N-ethyl adjacent to an activating group) is 1. The van der Waals surface area contributed by atoms with Crippen molar-refractivity contribution in [2.75, 3.05) is 7.05 Å². The van der Waals surface area contributed by atoms with Crippen molar-refractivity contribution in [1.82, 2.24) is 10.4 Å². The van der Waals surface area contributed by atoms with Gasteiger partial charge in [-0.3, -0.25) is 5.01 Å². The molecule has 0 aliphatic heterocycles. The van der Waals surface area contributed by atoms with Crippen LogP contribution in [0, 0.1) is 0 Å². The molecule has 0 spiro atoms. The highest BCUT2D eigenvalue weighted by molar-refractivity contribution is 5.85. The van der Waals surface area contributed by atoms with Gasteiger partial charge in [0.2, 0.25) is 0 Å². The van der Waals surface area contributed by atoms with E-state index in [2.05, 4.69) is 12.0 Å². The van der Waals surface area contributed by atoms with Crippen molar-refractivity contribution in [2.24, 2.45) is 5.73 Å². The van der Waals surface area contributed by atoms with E-state index in [9.17, 15) is 4.79 Å². The molecule has 0 atom stereocenters. The molecule has 0 aromatic rings. The van der Waals surface area contributed by atoms with Gasteiger partial charge in [0.15, 0.2) is 5.70 Å². The zero-order chi connectivity index (χ0) is 8.85. The average molecular weight is 157 g/mol. The summed E-state index contributed by atoms with van der Waals surface area (Å²) in [6, 6.07) is 0. The number of nitrogens with two attached hydrogens (primary N) is 1. The Morgan fingerprint density at radius 3 is 2.64 bits per heavy atom. The molecule has 5 heteroatoms. The summed E-state index contributed by atoms with van der Waals surface area (Å²) >= 11 is 0. The van der Waals surface area contributed by atoms with E-state index in [4.69, 9.17) is 10.8 Å². The van der Waals surface area contributed by atoms with Crippen LogP contribution in [0.15, 0.2) is 24.7 Å². The van der Waals surface area contributed by atoms with E-state index >= 15 is 0 Å². The summed E-state index contributed by atoms with van der Waals surface area (Å²) in [5, 5.41) is 9.75. The third-order valence-corrected chi connectivity index (χ3v) is 1.02. The van der Waals surface area contributed by atoms with Crippen LogP contribution in [0.3, 0.4) is 0 Å². The lowest BCUT2D eigenvalue weighted by molar-refractivity contribution is -0.134. The van der Waals surface area contributed by atoms with Crippen molar-refractivity contribution in [3.05, 3.63) is 24.7 Å². The molecule has 5 nitrogen and oxygen atoms in total. The summed E-state index contributed by atoms with van der Waals surface area (Å²) in [6.07, 6.45) is 2.35. The first-order valence-electron chi connectivity index (χ1n) is 2.89. The van der Waals surface area contributed by atoms with Gasteiger partial charge in [0.25, 0.3) is 0 Å². The molecule has 0 radical (unpaired) electrons. The number of nitrogens with one attached hydrogen (secondary N) is 1. The third-order valence-electron chi connectivity index (χ3n) is 1.02. The highest BCUT2D eigenvalue weighted by Gasteiger charge is 2.09. The van der Waals surface area contributed by atoms with E-state index in [0.29, 0.717) is 0 Å². The summed E-state index contributed by atoms with van der Waals surface area (Å²) in [6.45, 7) is 3.36. The standard InChI is InChI=1S/C6H11N3O2/c1-3-8-9(2)5(4-7)6(10)11/h3-4,8H,1,7H2,2H3,(H,10,11)/b5-4-. The highest BCUT2D eigenvalue weighted by atomic mass is 16.4. The quantitative estimate of drug-likeness (QED) is 0.377. The van der Waals surface area contributed by atoms with E-state index in [1.807, 2.05) is 0 Å². The molecule has 0 unspecified atom stereocenters. The fraction of sp³-hybridized carbons (Fsp3) is 0.167. The Morgan fingerprint density at radius 2 is 2.36 bits per heavy atom. The van der Waals surface area contributed by atoms with Gasteiger partial charge in [0.1, 0.15) is 0 Å². The van der Waals surface area contributed by atoms with E-state index in [1.54, 1.807) is 0 Å². The topological polar surface area (TPSA) is 78.6 Å². The Hall–Kier alpha value is -1.65. The Bertz CT molecular complexity index is 188. The summed E-state index contributed by atoms with van der Waals surface area (Å²) < 4.78 is 0. The Balaban J connectivity index is 4.27. The van der Waals surface area contributed by atoms with Crippen LogP contribution >= 0.6 is 0 Å². The van der Waals surface area contributed by atoms with Gasteiger partial charge < -0.3 is 16.3 Å². The molecular formula is C6H11N3O2. The Kier molecular flexibility index (Phi) is 3.58. The SMILES string of the molecule is C=CNN(C)/C(=C\N)C(=O)O. The second-order valence-electron chi connectivity index (χ2n) is 1.75. The molecule has 0 aromatic heterocycles. The number of hydrogen-bond donors (Lipinski definition) is 3. The average Bonchev–Trinajstić information content (AvgIpc) is 1.88. The van der Waals surface area contributed by atoms with Crippen LogP contribution in [0.25, 0.3) is 0 Å². The first kappa shape index (κ1) is 9.35. The van der Waals surface area contributed by atoms with Gasteiger partial charge in [-0.05, 0) is 0 Å². The van der Waals surface area contributed by atoms with Crippen LogP contribution in [0.5, 0.6) is 0 Å². The van der Waals surface area contributed by atoms with Gasteiger partial charge in [0.05, 0.1) is 0 Å². The fourth-order valence-electron chi connectivity index (χ4n) is 0.533. The molecule has 11 heavy (non-hydrogen) atoms. The van der Waals surface area contributed by atoms with Gasteiger partial charge in [-0.15, -0.1) is 0 Å². The van der Waals surface area contributed by atoms with Crippen LogP contribution in [-0.2, 0) is 4.79 Å². The van der Waals surface area contributed by atoms with Gasteiger partial charge in [-0.25, -0.2) is 4.79 Å². The van der Waals surface area contributed by atoms with Crippen molar-refractivity contribution in [3.8, 4) is 0 Å². The molecule has 0 aliphatic rings. The maximum atomic E-state index is 10.4. The van der Waals surface area contributed by atoms with Crippen LogP contribution in [0.1, 0.15) is 0 Å². The molecule has 62 valence electrons. The lowest BCUT2D eigenvalue weighted by atomic mass is 10.5. The minimum absolute atomic E-state index is 0.0371. The molecule has 0 rings (SSSR count). The number of carboxylic acid groups (broad SMARTS) is 1. The zero-order valence-electron chi connectivity index (χ0n) is 6.24. The molecule has 0 heterocycles. The number of carbonyl (C=O) groups is 1. The van der Waals surface area contributed by atoms with Gasteiger partial charge in [-0.1, -0.05) is 6.58 Å². The largest absolute Gasteiger partial charge is 0.476 e. The molecule has 0 aliphatic carbocycles. The second-order valence-corrected chi connectivity index (χ2v) is 1.75. The van der Waals surface area contributed by atoms with E-state index in [0.717, 1.165) is 6.20 Å². The summed E-state index contributed by atoms with van der Waals surface area (Å²) in [5.74, 6) is -1.09. The van der Waals surface area contributed by atoms with Crippen LogP contribution < -0.4 is 11.2 Å². The summed E-state index contributed by atoms with van der Waals surface area (Å²) in [5.41, 5.74) is 7.55. The molecule has 0 aromatic carbocycles. The number of carboxylic acids is 1. The maximum absolute atomic E-state index is 10.4. The predicted octanol–water partition coefficient (Wildman–Crippen LogP) is -0.549. The van der Waals surface area contributed by atoms with Gasteiger partial charge >= 0.3 is 5.97 Å². The Morgan fingerprint density at radius 1 is 1.82 bits per heavy atom. The van der Waals surface area contributed by atoms with Crippen molar-refractivity contribution < 1.29 is 9.90 Å². The first-order valence-corrected chi connectivity index (χ1v) is 2.89. The highest BCUT2D eigenvalue weighted by Crippen LogP contribution is 1.94.